The van der Waals surface area contributed by atoms with Crippen molar-refractivity contribution < 1.29 is 4.79 Å². The highest BCUT2D eigenvalue weighted by molar-refractivity contribution is 9.10. The maximum absolute atomic E-state index is 12.4. The van der Waals surface area contributed by atoms with Crippen LogP contribution in [0.2, 0.25) is 0 Å². The molecule has 1 atom stereocenters. The number of hydrogen-bond donors (Lipinski definition) is 1. The minimum absolute atomic E-state index is 0.0981. The van der Waals surface area contributed by atoms with Crippen LogP contribution in [-0.2, 0) is 4.79 Å². The molecule has 1 aromatic heterocycles. The van der Waals surface area contributed by atoms with Gasteiger partial charge >= 0.3 is 0 Å². The smallest absolute Gasteiger partial charge is 0.249 e. The fourth-order valence-corrected chi connectivity index (χ4v) is 2.55. The Morgan fingerprint density at radius 3 is 2.70 bits per heavy atom. The molecule has 102 valence electrons. The van der Waals surface area contributed by atoms with Crippen molar-refractivity contribution in [2.24, 2.45) is 0 Å². The third-order valence-corrected chi connectivity index (χ3v) is 3.79. The highest BCUT2D eigenvalue weighted by Crippen LogP contribution is 2.23. The van der Waals surface area contributed by atoms with E-state index >= 15 is 0 Å². The van der Waals surface area contributed by atoms with E-state index in [0.717, 1.165) is 28.9 Å². The van der Waals surface area contributed by atoms with E-state index in [2.05, 4.69) is 26.2 Å². The van der Waals surface area contributed by atoms with Crippen LogP contribution in [0.5, 0.6) is 0 Å². The van der Waals surface area contributed by atoms with Gasteiger partial charge in [0.25, 0.3) is 0 Å². The average Bonchev–Trinajstić information content (AvgIpc) is 2.84. The lowest BCUT2D eigenvalue weighted by Crippen LogP contribution is -2.33. The predicted octanol–water partition coefficient (Wildman–Crippen LogP) is 3.06. The maximum atomic E-state index is 12.4. The largest absolute Gasteiger partial charge is 0.358 e. The van der Waals surface area contributed by atoms with Crippen molar-refractivity contribution in [2.75, 3.05) is 16.8 Å². The van der Waals surface area contributed by atoms with E-state index in [1.54, 1.807) is 6.20 Å². The first-order valence-electron chi connectivity index (χ1n) is 6.48. The van der Waals surface area contributed by atoms with Gasteiger partial charge in [-0.05, 0) is 46.6 Å². The Balaban J connectivity index is 1.71. The Kier molecular flexibility index (Phi) is 3.69. The van der Waals surface area contributed by atoms with Crippen molar-refractivity contribution in [3.05, 3.63) is 53.1 Å². The summed E-state index contributed by atoms with van der Waals surface area (Å²) in [5.74, 6) is 0.822. The predicted molar refractivity (Wildman–Crippen MR) is 82.8 cm³/mol. The minimum Gasteiger partial charge on any atom is -0.358 e. The fourth-order valence-electron chi connectivity index (χ4n) is 2.32. The summed E-state index contributed by atoms with van der Waals surface area (Å²) >= 11 is 3.34. The third kappa shape index (κ3) is 2.67. The maximum Gasteiger partial charge on any atom is 0.249 e. The summed E-state index contributed by atoms with van der Waals surface area (Å²) in [7, 11) is 0. The second kappa shape index (κ2) is 5.63. The highest BCUT2D eigenvalue weighted by atomic mass is 79.9. The van der Waals surface area contributed by atoms with Gasteiger partial charge in [-0.1, -0.05) is 18.2 Å². The molecule has 1 aliphatic heterocycles. The highest BCUT2D eigenvalue weighted by Gasteiger charge is 2.32. The van der Waals surface area contributed by atoms with E-state index < -0.39 is 0 Å². The molecule has 1 saturated heterocycles. The Morgan fingerprint density at radius 1 is 1.20 bits per heavy atom. The van der Waals surface area contributed by atoms with Crippen molar-refractivity contribution in [1.29, 1.82) is 0 Å². The zero-order valence-electron chi connectivity index (χ0n) is 10.8. The van der Waals surface area contributed by atoms with E-state index in [0.29, 0.717) is 0 Å². The topological polar surface area (TPSA) is 45.2 Å². The van der Waals surface area contributed by atoms with Gasteiger partial charge in [0.2, 0.25) is 5.91 Å². The molecule has 2 aromatic rings. The van der Waals surface area contributed by atoms with Crippen molar-refractivity contribution in [1.82, 2.24) is 4.98 Å². The fraction of sp³-hybridized carbons (Fsp3) is 0.200. The van der Waals surface area contributed by atoms with Crippen LogP contribution >= 0.6 is 15.9 Å². The Labute approximate surface area is 126 Å². The molecular weight excluding hydrogens is 318 g/mol. The number of nitrogens with zero attached hydrogens (tertiary/aromatic N) is 2. The van der Waals surface area contributed by atoms with Gasteiger partial charge in [0, 0.05) is 22.9 Å². The number of benzene rings is 1. The molecule has 20 heavy (non-hydrogen) atoms. The van der Waals surface area contributed by atoms with Crippen LogP contribution in [0, 0.1) is 0 Å². The van der Waals surface area contributed by atoms with Gasteiger partial charge < -0.3 is 10.2 Å². The molecular formula is C15H14BrN3O. The van der Waals surface area contributed by atoms with E-state index in [-0.39, 0.29) is 11.9 Å². The van der Waals surface area contributed by atoms with Gasteiger partial charge in [-0.15, -0.1) is 0 Å². The van der Waals surface area contributed by atoms with Crippen molar-refractivity contribution in [2.45, 2.75) is 12.5 Å². The first kappa shape index (κ1) is 13.1. The molecule has 2 heterocycles. The van der Waals surface area contributed by atoms with Gasteiger partial charge in [-0.3, -0.25) is 4.79 Å². The lowest BCUT2D eigenvalue weighted by Gasteiger charge is -2.17. The average molecular weight is 332 g/mol. The molecule has 1 aromatic carbocycles. The van der Waals surface area contributed by atoms with Crippen LogP contribution in [0.4, 0.5) is 11.5 Å². The van der Waals surface area contributed by atoms with Gasteiger partial charge in [-0.25, -0.2) is 4.98 Å². The monoisotopic (exact) mass is 331 g/mol. The van der Waals surface area contributed by atoms with Crippen LogP contribution in [0.15, 0.2) is 53.1 Å². The molecule has 1 unspecified atom stereocenters. The number of rotatable bonds is 3. The van der Waals surface area contributed by atoms with Crippen molar-refractivity contribution in [3.63, 3.8) is 0 Å². The lowest BCUT2D eigenvalue weighted by molar-refractivity contribution is -0.117. The molecule has 1 aliphatic rings. The van der Waals surface area contributed by atoms with Crippen molar-refractivity contribution in [3.8, 4) is 0 Å². The molecule has 4 nitrogen and oxygen atoms in total. The summed E-state index contributed by atoms with van der Waals surface area (Å²) in [6.07, 6.45) is 2.50. The molecule has 1 N–H and O–H groups in total. The van der Waals surface area contributed by atoms with Crippen LogP contribution in [0.3, 0.4) is 0 Å². The second-order valence-corrected chi connectivity index (χ2v) is 5.59. The van der Waals surface area contributed by atoms with Gasteiger partial charge in [0.1, 0.15) is 11.9 Å². The lowest BCUT2D eigenvalue weighted by atomic mass is 10.2. The van der Waals surface area contributed by atoms with E-state index in [1.807, 2.05) is 47.4 Å². The van der Waals surface area contributed by atoms with E-state index in [1.165, 1.54) is 0 Å². The number of pyridine rings is 1. The second-order valence-electron chi connectivity index (χ2n) is 4.67. The number of halogens is 1. The molecule has 0 saturated carbocycles. The SMILES string of the molecule is O=C1C(Nc2ccc(Br)cn2)CCN1c1ccccc1. The number of carbonyl (C=O) groups is 1. The first-order chi connectivity index (χ1) is 9.74. The van der Waals surface area contributed by atoms with Crippen LogP contribution < -0.4 is 10.2 Å². The summed E-state index contributed by atoms with van der Waals surface area (Å²) in [5, 5.41) is 3.19. The Morgan fingerprint density at radius 2 is 2.00 bits per heavy atom. The van der Waals surface area contributed by atoms with E-state index in [4.69, 9.17) is 0 Å². The summed E-state index contributed by atoms with van der Waals surface area (Å²) in [4.78, 5) is 18.5. The summed E-state index contributed by atoms with van der Waals surface area (Å²) in [6, 6.07) is 13.3. The van der Waals surface area contributed by atoms with Gasteiger partial charge in [0.15, 0.2) is 0 Å². The quantitative estimate of drug-likeness (QED) is 0.940. The molecule has 0 aliphatic carbocycles. The number of para-hydroxylation sites is 1. The Bertz CT molecular complexity index is 600. The van der Waals surface area contributed by atoms with Crippen LogP contribution in [0.1, 0.15) is 6.42 Å². The molecule has 0 radical (unpaired) electrons. The number of anilines is 2. The molecule has 0 spiro atoms. The molecule has 5 heteroatoms. The van der Waals surface area contributed by atoms with Crippen LogP contribution in [0.25, 0.3) is 0 Å². The number of aromatic nitrogens is 1. The zero-order valence-corrected chi connectivity index (χ0v) is 12.4. The first-order valence-corrected chi connectivity index (χ1v) is 7.28. The molecule has 0 bridgehead atoms. The third-order valence-electron chi connectivity index (χ3n) is 3.32. The van der Waals surface area contributed by atoms with Crippen molar-refractivity contribution >= 4 is 33.3 Å². The van der Waals surface area contributed by atoms with Gasteiger partial charge in [0.05, 0.1) is 0 Å². The number of hydrogen-bond acceptors (Lipinski definition) is 3. The number of amides is 1. The number of nitrogens with one attached hydrogen (secondary N) is 1. The van der Waals surface area contributed by atoms with E-state index in [9.17, 15) is 4.79 Å². The molecule has 3 rings (SSSR count). The zero-order chi connectivity index (χ0) is 13.9. The molecule has 1 fully saturated rings. The normalized spacial score (nSPS) is 18.4. The van der Waals surface area contributed by atoms with Crippen LogP contribution in [-0.4, -0.2) is 23.5 Å². The Hall–Kier alpha value is -1.88. The minimum atomic E-state index is -0.205. The molecule has 1 amide bonds. The summed E-state index contributed by atoms with van der Waals surface area (Å²) < 4.78 is 0.923. The van der Waals surface area contributed by atoms with Gasteiger partial charge in [-0.2, -0.15) is 0 Å². The summed E-state index contributed by atoms with van der Waals surface area (Å²) in [6.45, 7) is 0.733. The number of carbonyl (C=O) groups excluding carboxylic acids is 1. The standard InChI is InChI=1S/C15H14BrN3O/c16-11-6-7-14(17-10-11)18-13-8-9-19(15(13)20)12-4-2-1-3-5-12/h1-7,10,13H,8-9H2,(H,17,18). The summed E-state index contributed by atoms with van der Waals surface area (Å²) in [5.41, 5.74) is 0.950.